The Bertz CT molecular complexity index is 752. The zero-order valence-electron chi connectivity index (χ0n) is 12.1. The number of rotatable bonds is 4. The van der Waals surface area contributed by atoms with Gasteiger partial charge in [0.25, 0.3) is 0 Å². The molecule has 6 heteroatoms. The SMILES string of the molecule is CN(Cc1c(CN)sc2ccccc12)C1CCS(=O)(=O)C1. The van der Waals surface area contributed by atoms with Crippen LogP contribution in [-0.4, -0.2) is 37.9 Å². The maximum Gasteiger partial charge on any atom is 0.151 e. The Kier molecular flexibility index (Phi) is 4.05. The van der Waals surface area contributed by atoms with Crippen LogP contribution in [0.1, 0.15) is 16.9 Å². The van der Waals surface area contributed by atoms with E-state index in [4.69, 9.17) is 5.73 Å². The smallest absolute Gasteiger partial charge is 0.151 e. The molecule has 4 nitrogen and oxygen atoms in total. The van der Waals surface area contributed by atoms with E-state index in [0.29, 0.717) is 12.3 Å². The van der Waals surface area contributed by atoms with Crippen LogP contribution >= 0.6 is 11.3 Å². The first-order chi connectivity index (χ1) is 10.00. The molecule has 0 bridgehead atoms. The van der Waals surface area contributed by atoms with E-state index in [1.807, 2.05) is 19.2 Å². The molecular formula is C15H20N2O2S2. The van der Waals surface area contributed by atoms with Crippen molar-refractivity contribution in [2.24, 2.45) is 5.73 Å². The van der Waals surface area contributed by atoms with Crippen LogP contribution < -0.4 is 5.73 Å². The van der Waals surface area contributed by atoms with Crippen LogP contribution in [0.3, 0.4) is 0 Å². The van der Waals surface area contributed by atoms with Gasteiger partial charge in [-0.25, -0.2) is 8.42 Å². The molecular weight excluding hydrogens is 304 g/mol. The fourth-order valence-corrected chi connectivity index (χ4v) is 5.89. The molecule has 0 aliphatic carbocycles. The summed E-state index contributed by atoms with van der Waals surface area (Å²) in [6, 6.07) is 8.44. The summed E-state index contributed by atoms with van der Waals surface area (Å²) in [5, 5.41) is 1.25. The summed E-state index contributed by atoms with van der Waals surface area (Å²) in [6.45, 7) is 1.29. The molecule has 1 aliphatic heterocycles. The minimum Gasteiger partial charge on any atom is -0.326 e. The molecule has 1 saturated heterocycles. The summed E-state index contributed by atoms with van der Waals surface area (Å²) in [5.74, 6) is 0.597. The number of thiophene rings is 1. The molecule has 0 radical (unpaired) electrons. The van der Waals surface area contributed by atoms with E-state index in [0.717, 1.165) is 13.0 Å². The van der Waals surface area contributed by atoms with Gasteiger partial charge in [-0.3, -0.25) is 4.90 Å². The zero-order chi connectivity index (χ0) is 15.0. The maximum absolute atomic E-state index is 11.6. The Morgan fingerprint density at radius 1 is 1.38 bits per heavy atom. The first-order valence-electron chi connectivity index (χ1n) is 7.10. The van der Waals surface area contributed by atoms with Crippen molar-refractivity contribution in [2.75, 3.05) is 18.6 Å². The molecule has 21 heavy (non-hydrogen) atoms. The number of nitrogens with two attached hydrogens (primary N) is 1. The lowest BCUT2D eigenvalue weighted by Crippen LogP contribution is -2.32. The Morgan fingerprint density at radius 3 is 2.81 bits per heavy atom. The second kappa shape index (κ2) is 5.68. The number of nitrogens with zero attached hydrogens (tertiary/aromatic N) is 1. The Hall–Kier alpha value is -0.950. The van der Waals surface area contributed by atoms with Crippen molar-refractivity contribution in [3.05, 3.63) is 34.7 Å². The number of benzene rings is 1. The maximum atomic E-state index is 11.6. The lowest BCUT2D eigenvalue weighted by molar-refractivity contribution is 0.254. The molecule has 2 aromatic rings. The van der Waals surface area contributed by atoms with E-state index < -0.39 is 9.84 Å². The topological polar surface area (TPSA) is 63.4 Å². The fourth-order valence-electron chi connectivity index (χ4n) is 2.99. The molecule has 0 saturated carbocycles. The molecule has 2 N–H and O–H groups in total. The quantitative estimate of drug-likeness (QED) is 0.934. The van der Waals surface area contributed by atoms with Crippen LogP contribution in [0, 0.1) is 0 Å². The lowest BCUT2D eigenvalue weighted by atomic mass is 10.1. The molecule has 1 atom stereocenters. The van der Waals surface area contributed by atoms with E-state index in [-0.39, 0.29) is 11.8 Å². The summed E-state index contributed by atoms with van der Waals surface area (Å²) in [5.41, 5.74) is 7.14. The molecule has 1 unspecified atom stereocenters. The Morgan fingerprint density at radius 2 is 2.14 bits per heavy atom. The highest BCUT2D eigenvalue weighted by Gasteiger charge is 2.31. The van der Waals surface area contributed by atoms with Crippen LogP contribution in [0.4, 0.5) is 0 Å². The first kappa shape index (κ1) is 15.0. The van der Waals surface area contributed by atoms with Crippen LogP contribution in [0.5, 0.6) is 0 Å². The molecule has 1 aliphatic rings. The molecule has 0 spiro atoms. The molecule has 3 rings (SSSR count). The molecule has 1 aromatic carbocycles. The Balaban J connectivity index is 1.87. The van der Waals surface area contributed by atoms with Crippen molar-refractivity contribution >= 4 is 31.3 Å². The van der Waals surface area contributed by atoms with E-state index in [9.17, 15) is 8.42 Å². The largest absolute Gasteiger partial charge is 0.326 e. The number of hydrogen-bond acceptors (Lipinski definition) is 5. The molecule has 1 fully saturated rings. The van der Waals surface area contributed by atoms with Gasteiger partial charge in [0.15, 0.2) is 9.84 Å². The predicted octanol–water partition coefficient (Wildman–Crippen LogP) is 1.98. The highest BCUT2D eigenvalue weighted by molar-refractivity contribution is 7.91. The standard InChI is InChI=1S/C15H20N2O2S2/c1-17(11-6-7-21(18,19)10-11)9-13-12-4-2-3-5-14(12)20-15(13)8-16/h2-5,11H,6-10,16H2,1H3. The second-order valence-corrected chi connectivity index (χ2v) is 9.04. The average molecular weight is 324 g/mol. The lowest BCUT2D eigenvalue weighted by Gasteiger charge is -2.23. The van der Waals surface area contributed by atoms with Gasteiger partial charge in [0.1, 0.15) is 0 Å². The van der Waals surface area contributed by atoms with Gasteiger partial charge >= 0.3 is 0 Å². The van der Waals surface area contributed by atoms with Gasteiger partial charge in [-0.05, 0) is 30.5 Å². The van der Waals surface area contributed by atoms with E-state index in [1.54, 1.807) is 11.3 Å². The summed E-state index contributed by atoms with van der Waals surface area (Å²) in [7, 11) is -0.829. The summed E-state index contributed by atoms with van der Waals surface area (Å²) in [6.07, 6.45) is 0.735. The molecule has 1 aromatic heterocycles. The van der Waals surface area contributed by atoms with Crippen LogP contribution in [-0.2, 0) is 22.9 Å². The van der Waals surface area contributed by atoms with E-state index in [2.05, 4.69) is 17.0 Å². The molecule has 114 valence electrons. The van der Waals surface area contributed by atoms with Gasteiger partial charge in [-0.15, -0.1) is 11.3 Å². The van der Waals surface area contributed by atoms with Crippen molar-refractivity contribution in [2.45, 2.75) is 25.6 Å². The van der Waals surface area contributed by atoms with Crippen LogP contribution in [0.25, 0.3) is 10.1 Å². The van der Waals surface area contributed by atoms with Gasteiger partial charge in [0.05, 0.1) is 11.5 Å². The molecule has 2 heterocycles. The number of fused-ring (bicyclic) bond motifs is 1. The fraction of sp³-hybridized carbons (Fsp3) is 0.467. The summed E-state index contributed by atoms with van der Waals surface area (Å²) in [4.78, 5) is 3.36. The van der Waals surface area contributed by atoms with Crippen molar-refractivity contribution in [3.8, 4) is 0 Å². The number of hydrogen-bond donors (Lipinski definition) is 1. The third-order valence-corrected chi connectivity index (χ3v) is 7.19. The van der Waals surface area contributed by atoms with Gasteiger partial charge in [0, 0.05) is 28.7 Å². The molecule has 0 amide bonds. The van der Waals surface area contributed by atoms with Crippen LogP contribution in [0.2, 0.25) is 0 Å². The van der Waals surface area contributed by atoms with Gasteiger partial charge in [0.2, 0.25) is 0 Å². The Labute approximate surface area is 129 Å². The second-order valence-electron chi connectivity index (χ2n) is 5.68. The minimum absolute atomic E-state index is 0.124. The summed E-state index contributed by atoms with van der Waals surface area (Å²) >= 11 is 1.74. The first-order valence-corrected chi connectivity index (χ1v) is 9.74. The van der Waals surface area contributed by atoms with E-state index in [1.165, 1.54) is 20.5 Å². The predicted molar refractivity (Wildman–Crippen MR) is 88.2 cm³/mol. The van der Waals surface area contributed by atoms with Gasteiger partial charge < -0.3 is 5.73 Å². The number of sulfone groups is 1. The third-order valence-electron chi connectivity index (χ3n) is 4.21. The highest BCUT2D eigenvalue weighted by atomic mass is 32.2. The summed E-state index contributed by atoms with van der Waals surface area (Å²) < 4.78 is 24.5. The van der Waals surface area contributed by atoms with Crippen molar-refractivity contribution in [1.29, 1.82) is 0 Å². The normalized spacial score (nSPS) is 21.4. The van der Waals surface area contributed by atoms with Crippen molar-refractivity contribution in [1.82, 2.24) is 4.90 Å². The average Bonchev–Trinajstić information content (AvgIpc) is 2.99. The van der Waals surface area contributed by atoms with E-state index >= 15 is 0 Å². The van der Waals surface area contributed by atoms with Crippen molar-refractivity contribution < 1.29 is 8.42 Å². The van der Waals surface area contributed by atoms with Gasteiger partial charge in [-0.1, -0.05) is 18.2 Å². The van der Waals surface area contributed by atoms with Crippen molar-refractivity contribution in [3.63, 3.8) is 0 Å². The minimum atomic E-state index is -2.84. The third kappa shape index (κ3) is 2.99. The van der Waals surface area contributed by atoms with Gasteiger partial charge in [-0.2, -0.15) is 0 Å². The highest BCUT2D eigenvalue weighted by Crippen LogP contribution is 2.32. The van der Waals surface area contributed by atoms with Crippen LogP contribution in [0.15, 0.2) is 24.3 Å². The monoisotopic (exact) mass is 324 g/mol. The zero-order valence-corrected chi connectivity index (χ0v) is 13.7.